The molecule has 0 aromatic heterocycles. The van der Waals surface area contributed by atoms with Crippen LogP contribution in [0.3, 0.4) is 0 Å². The Kier molecular flexibility index (Phi) is 17.2. The molecule has 2 nitrogen and oxygen atoms in total. The summed E-state index contributed by atoms with van der Waals surface area (Å²) in [5.74, 6) is 0.644. The minimum absolute atomic E-state index is 0. The quantitative estimate of drug-likeness (QED) is 0.589. The smallest absolute Gasteiger partial charge is 0.115 e. The van der Waals surface area contributed by atoms with E-state index >= 15 is 0 Å². The second kappa shape index (κ2) is 16.2. The van der Waals surface area contributed by atoms with Crippen LogP contribution in [0.1, 0.15) is 32.1 Å². The summed E-state index contributed by atoms with van der Waals surface area (Å²) in [5, 5.41) is 17.3. The Bertz CT molecular complexity index is 427. The van der Waals surface area contributed by atoms with Crippen molar-refractivity contribution in [2.45, 2.75) is 37.8 Å². The van der Waals surface area contributed by atoms with Gasteiger partial charge in [0.05, 0.1) is 0 Å². The topological polar surface area (TPSA) is 40.5 Å². The molecule has 1 fully saturated rings. The molecule has 1 atom stereocenters. The van der Waals surface area contributed by atoms with Crippen molar-refractivity contribution in [3.8, 4) is 11.5 Å². The van der Waals surface area contributed by atoms with Crippen LogP contribution in [-0.2, 0) is 17.4 Å². The van der Waals surface area contributed by atoms with Gasteiger partial charge in [0.15, 0.2) is 0 Å². The van der Waals surface area contributed by atoms with E-state index in [1.54, 1.807) is 48.5 Å². The summed E-state index contributed by atoms with van der Waals surface area (Å²) in [5.41, 5.74) is 0.953. The SMILES string of the molecule is Cl.Oc1ccccc1.Oc1ccccc1.PC1CCCCC1.[Cr]. The molecule has 1 aliphatic carbocycles. The summed E-state index contributed by atoms with van der Waals surface area (Å²) < 4.78 is 0. The minimum atomic E-state index is 0. The Morgan fingerprint density at radius 2 is 1.04 bits per heavy atom. The van der Waals surface area contributed by atoms with Gasteiger partial charge in [-0.1, -0.05) is 55.7 Å². The van der Waals surface area contributed by atoms with E-state index < -0.39 is 0 Å². The second-order valence-electron chi connectivity index (χ2n) is 5.07. The van der Waals surface area contributed by atoms with E-state index in [4.69, 9.17) is 10.2 Å². The van der Waals surface area contributed by atoms with Gasteiger partial charge in [-0.15, -0.1) is 21.6 Å². The zero-order chi connectivity index (χ0) is 15.3. The van der Waals surface area contributed by atoms with Gasteiger partial charge in [0.1, 0.15) is 11.5 Å². The van der Waals surface area contributed by atoms with Gasteiger partial charge in [-0.2, -0.15) is 0 Å². The van der Waals surface area contributed by atoms with Crippen molar-refractivity contribution in [1.29, 1.82) is 0 Å². The Balaban J connectivity index is 0. The summed E-state index contributed by atoms with van der Waals surface area (Å²) in [6, 6.07) is 17.4. The number of hydrogen-bond donors (Lipinski definition) is 2. The molecule has 23 heavy (non-hydrogen) atoms. The molecule has 1 unspecified atom stereocenters. The fourth-order valence-electron chi connectivity index (χ4n) is 1.99. The first kappa shape index (κ1) is 24.5. The zero-order valence-electron chi connectivity index (χ0n) is 13.2. The number of phenols is 2. The maximum Gasteiger partial charge on any atom is 0.115 e. The van der Waals surface area contributed by atoms with Crippen LogP contribution >= 0.6 is 21.6 Å². The van der Waals surface area contributed by atoms with Crippen LogP contribution in [0.5, 0.6) is 11.5 Å². The van der Waals surface area contributed by atoms with E-state index in [0.29, 0.717) is 11.5 Å². The van der Waals surface area contributed by atoms with Crippen LogP contribution in [-0.4, -0.2) is 15.9 Å². The third kappa shape index (κ3) is 14.6. The first-order chi connectivity index (χ1) is 10.2. The molecule has 2 aromatic carbocycles. The average Bonchev–Trinajstić information content (AvgIpc) is 2.51. The largest absolute Gasteiger partial charge is 0.508 e. The standard InChI is InChI=1S/2C6H6O.C6H13P.ClH.Cr/c3*7-6-4-2-1-3-5-6;;/h2*1-5,7H;6H,1-5,7H2;1H;. The summed E-state index contributed by atoms with van der Waals surface area (Å²) in [7, 11) is 2.91. The third-order valence-corrected chi connectivity index (χ3v) is 3.83. The minimum Gasteiger partial charge on any atom is -0.508 e. The first-order valence-electron chi connectivity index (χ1n) is 7.42. The molecule has 2 N–H and O–H groups in total. The summed E-state index contributed by atoms with van der Waals surface area (Å²) in [4.78, 5) is 0. The molecule has 128 valence electrons. The van der Waals surface area contributed by atoms with Crippen LogP contribution in [0.15, 0.2) is 60.7 Å². The Morgan fingerprint density at radius 3 is 1.22 bits per heavy atom. The van der Waals surface area contributed by atoms with Crippen LogP contribution in [0, 0.1) is 0 Å². The number of hydrogen-bond acceptors (Lipinski definition) is 2. The van der Waals surface area contributed by atoms with Gasteiger partial charge in [0.2, 0.25) is 0 Å². The second-order valence-corrected chi connectivity index (χ2v) is 6.01. The molecule has 0 spiro atoms. The van der Waals surface area contributed by atoms with Gasteiger partial charge in [0.25, 0.3) is 0 Å². The van der Waals surface area contributed by atoms with Crippen LogP contribution < -0.4 is 0 Å². The Hall–Kier alpha value is -0.708. The number of aromatic hydroxyl groups is 2. The molecule has 5 heteroatoms. The van der Waals surface area contributed by atoms with Gasteiger partial charge in [0, 0.05) is 17.4 Å². The molecule has 1 aliphatic rings. The predicted molar refractivity (Wildman–Crippen MR) is 100 cm³/mol. The Labute approximate surface area is 159 Å². The molecule has 0 radical (unpaired) electrons. The van der Waals surface area contributed by atoms with Crippen molar-refractivity contribution in [2.75, 3.05) is 0 Å². The van der Waals surface area contributed by atoms with E-state index in [0.717, 1.165) is 5.66 Å². The van der Waals surface area contributed by atoms with Gasteiger partial charge < -0.3 is 10.2 Å². The number of benzene rings is 2. The molecule has 0 saturated heterocycles. The third-order valence-electron chi connectivity index (χ3n) is 3.16. The fourth-order valence-corrected chi connectivity index (χ4v) is 2.46. The number of phenolic OH excluding ortho intramolecular Hbond substituents is 2. The maximum atomic E-state index is 8.63. The molecule has 0 amide bonds. The molecule has 2 aromatic rings. The van der Waals surface area contributed by atoms with Gasteiger partial charge in [-0.05, 0) is 42.8 Å². The van der Waals surface area contributed by atoms with E-state index in [1.807, 2.05) is 12.1 Å². The van der Waals surface area contributed by atoms with Crippen molar-refractivity contribution in [3.63, 3.8) is 0 Å². The van der Waals surface area contributed by atoms with E-state index in [9.17, 15) is 0 Å². The van der Waals surface area contributed by atoms with Crippen LogP contribution in [0.25, 0.3) is 0 Å². The predicted octanol–water partition coefficient (Wildman–Crippen LogP) is 5.40. The summed E-state index contributed by atoms with van der Waals surface area (Å²) in [6.45, 7) is 0. The average molecular weight is 393 g/mol. The zero-order valence-corrected chi connectivity index (χ0v) is 16.4. The van der Waals surface area contributed by atoms with Crippen LogP contribution in [0.2, 0.25) is 0 Å². The molecule has 0 bridgehead atoms. The van der Waals surface area contributed by atoms with Crippen LogP contribution in [0.4, 0.5) is 0 Å². The van der Waals surface area contributed by atoms with E-state index in [2.05, 4.69) is 9.24 Å². The normalized spacial score (nSPS) is 12.9. The van der Waals surface area contributed by atoms with Crippen molar-refractivity contribution < 1.29 is 27.6 Å². The van der Waals surface area contributed by atoms with Crippen molar-refractivity contribution in [1.82, 2.24) is 0 Å². The molecule has 0 aliphatic heterocycles. The fraction of sp³-hybridized carbons (Fsp3) is 0.333. The number of para-hydroxylation sites is 2. The van der Waals surface area contributed by atoms with E-state index in [-0.39, 0.29) is 29.8 Å². The van der Waals surface area contributed by atoms with Crippen molar-refractivity contribution in [3.05, 3.63) is 60.7 Å². The van der Waals surface area contributed by atoms with Crippen molar-refractivity contribution in [2.24, 2.45) is 0 Å². The van der Waals surface area contributed by atoms with Crippen molar-refractivity contribution >= 4 is 21.6 Å². The molecule has 1 saturated carbocycles. The summed E-state index contributed by atoms with van der Waals surface area (Å²) >= 11 is 0. The molecular weight excluding hydrogens is 367 g/mol. The van der Waals surface area contributed by atoms with Gasteiger partial charge in [-0.3, -0.25) is 0 Å². The molecule has 0 heterocycles. The number of halogens is 1. The maximum absolute atomic E-state index is 8.63. The monoisotopic (exact) mass is 392 g/mol. The van der Waals surface area contributed by atoms with Gasteiger partial charge >= 0.3 is 0 Å². The summed E-state index contributed by atoms with van der Waals surface area (Å²) in [6.07, 6.45) is 7.31. The molecule has 3 rings (SSSR count). The van der Waals surface area contributed by atoms with Gasteiger partial charge in [-0.25, -0.2) is 0 Å². The first-order valence-corrected chi connectivity index (χ1v) is 8.09. The molecular formula is C18H26ClCrO2P. The van der Waals surface area contributed by atoms with E-state index in [1.165, 1.54) is 32.1 Å². The number of rotatable bonds is 0. The Morgan fingerprint density at radius 1 is 0.696 bits per heavy atom.